The summed E-state index contributed by atoms with van der Waals surface area (Å²) < 4.78 is 11.1. The second-order valence-electron chi connectivity index (χ2n) is 7.21. The molecule has 1 heterocycles. The zero-order valence-corrected chi connectivity index (χ0v) is 20.5. The maximum Gasteiger partial charge on any atom is 0.241 e. The Morgan fingerprint density at radius 1 is 1.16 bits per heavy atom. The predicted molar refractivity (Wildman–Crippen MR) is 134 cm³/mol. The maximum absolute atomic E-state index is 12.0. The fourth-order valence-electron chi connectivity index (χ4n) is 2.86. The number of benzene rings is 2. The van der Waals surface area contributed by atoms with Gasteiger partial charge in [0, 0.05) is 19.5 Å². The van der Waals surface area contributed by atoms with Crippen molar-refractivity contribution in [1.29, 1.82) is 0 Å². The van der Waals surface area contributed by atoms with Crippen molar-refractivity contribution in [3.63, 3.8) is 0 Å². The maximum atomic E-state index is 12.0. The van der Waals surface area contributed by atoms with Crippen LogP contribution in [0.2, 0.25) is 0 Å². The molecule has 0 saturated heterocycles. The zero-order chi connectivity index (χ0) is 21.5. The highest BCUT2D eigenvalue weighted by Gasteiger charge is 2.14. The Labute approximate surface area is 199 Å². The molecular weight excluding hydrogens is 507 g/mol. The van der Waals surface area contributed by atoms with Crippen LogP contribution >= 0.6 is 24.0 Å². The third kappa shape index (κ3) is 6.88. The van der Waals surface area contributed by atoms with E-state index < -0.39 is 0 Å². The van der Waals surface area contributed by atoms with Gasteiger partial charge in [0.2, 0.25) is 5.91 Å². The van der Waals surface area contributed by atoms with Gasteiger partial charge in [0.15, 0.2) is 5.96 Å². The molecule has 0 saturated carbocycles. The van der Waals surface area contributed by atoms with Gasteiger partial charge >= 0.3 is 0 Å². The summed E-state index contributed by atoms with van der Waals surface area (Å²) in [5, 5.41) is 7.49. The van der Waals surface area contributed by atoms with Crippen molar-refractivity contribution in [1.82, 2.24) is 15.5 Å². The number of hydrogen-bond acceptors (Lipinski definition) is 4. The molecule has 2 aromatic carbocycles. The van der Waals surface area contributed by atoms with Gasteiger partial charge in [-0.3, -0.25) is 4.79 Å². The summed E-state index contributed by atoms with van der Waals surface area (Å²) in [6, 6.07) is 17.5. The average Bonchev–Trinajstić information content (AvgIpc) is 3.20. The molecule has 0 aliphatic carbocycles. The number of nitrogens with zero attached hydrogens (tertiary/aromatic N) is 2. The Morgan fingerprint density at radius 2 is 1.87 bits per heavy atom. The van der Waals surface area contributed by atoms with Crippen LogP contribution in [-0.4, -0.2) is 44.5 Å². The molecule has 1 aromatic heterocycles. The second kappa shape index (κ2) is 11.6. The topological polar surface area (TPSA) is 79.1 Å². The molecular formula is C23H29IN4O3. The third-order valence-electron chi connectivity index (χ3n) is 4.71. The monoisotopic (exact) mass is 536 g/mol. The minimum absolute atomic E-state index is 0. The zero-order valence-electron chi connectivity index (χ0n) is 18.2. The van der Waals surface area contributed by atoms with E-state index >= 15 is 0 Å². The first-order valence-corrected chi connectivity index (χ1v) is 9.82. The highest BCUT2D eigenvalue weighted by molar-refractivity contribution is 14.0. The van der Waals surface area contributed by atoms with Gasteiger partial charge in [-0.25, -0.2) is 4.99 Å². The Balaban J connectivity index is 0.00000341. The average molecular weight is 536 g/mol. The van der Waals surface area contributed by atoms with E-state index in [1.54, 1.807) is 21.2 Å². The van der Waals surface area contributed by atoms with Crippen LogP contribution in [-0.2, 0) is 11.3 Å². The summed E-state index contributed by atoms with van der Waals surface area (Å²) in [6.07, 6.45) is 0. The lowest BCUT2D eigenvalue weighted by molar-refractivity contribution is -0.127. The summed E-state index contributed by atoms with van der Waals surface area (Å²) in [5.41, 5.74) is 1.88. The molecule has 1 atom stereocenters. The minimum Gasteiger partial charge on any atom is -0.497 e. The van der Waals surface area contributed by atoms with Crippen LogP contribution in [0.1, 0.15) is 24.3 Å². The van der Waals surface area contributed by atoms with Crippen molar-refractivity contribution >= 4 is 46.8 Å². The van der Waals surface area contributed by atoms with Crippen molar-refractivity contribution in [3.05, 3.63) is 65.9 Å². The number of rotatable bonds is 7. The molecule has 31 heavy (non-hydrogen) atoms. The second-order valence-corrected chi connectivity index (χ2v) is 7.21. The molecule has 0 bridgehead atoms. The molecule has 166 valence electrons. The fourth-order valence-corrected chi connectivity index (χ4v) is 2.86. The van der Waals surface area contributed by atoms with Crippen molar-refractivity contribution < 1.29 is 13.9 Å². The molecule has 0 aliphatic heterocycles. The van der Waals surface area contributed by atoms with E-state index in [-0.39, 0.29) is 42.5 Å². The van der Waals surface area contributed by atoms with E-state index in [9.17, 15) is 4.79 Å². The minimum atomic E-state index is -0.131. The van der Waals surface area contributed by atoms with Crippen molar-refractivity contribution in [3.8, 4) is 5.75 Å². The van der Waals surface area contributed by atoms with E-state index in [0.717, 1.165) is 28.0 Å². The van der Waals surface area contributed by atoms with E-state index in [4.69, 9.17) is 9.15 Å². The molecule has 0 fully saturated rings. The first-order valence-electron chi connectivity index (χ1n) is 9.82. The van der Waals surface area contributed by atoms with Gasteiger partial charge in [-0.2, -0.15) is 0 Å². The number of hydrogen-bond donors (Lipinski definition) is 2. The summed E-state index contributed by atoms with van der Waals surface area (Å²) >= 11 is 0. The summed E-state index contributed by atoms with van der Waals surface area (Å²) in [5.74, 6) is 2.10. The van der Waals surface area contributed by atoms with Crippen LogP contribution in [0.25, 0.3) is 11.0 Å². The highest BCUT2D eigenvalue weighted by atomic mass is 127. The van der Waals surface area contributed by atoms with E-state index in [2.05, 4.69) is 15.6 Å². The SMILES string of the molecule is COc1ccc(CN=C(NCC(=O)N(C)C)NC(C)c2cc3ccccc3o2)cc1.I. The largest absolute Gasteiger partial charge is 0.497 e. The summed E-state index contributed by atoms with van der Waals surface area (Å²) in [7, 11) is 5.09. The lowest BCUT2D eigenvalue weighted by atomic mass is 10.2. The van der Waals surface area contributed by atoms with Crippen molar-refractivity contribution in [2.75, 3.05) is 27.7 Å². The van der Waals surface area contributed by atoms with Crippen molar-refractivity contribution in [2.45, 2.75) is 19.5 Å². The first kappa shape index (κ1) is 24.5. The van der Waals surface area contributed by atoms with Gasteiger partial charge in [0.05, 0.1) is 26.2 Å². The Hall–Kier alpha value is -2.75. The number of ether oxygens (including phenoxy) is 1. The number of halogens is 1. The Morgan fingerprint density at radius 3 is 2.52 bits per heavy atom. The van der Waals surface area contributed by atoms with Crippen LogP contribution in [0.15, 0.2) is 64.0 Å². The van der Waals surface area contributed by atoms with Crippen LogP contribution in [0.5, 0.6) is 5.75 Å². The highest BCUT2D eigenvalue weighted by Crippen LogP contribution is 2.23. The molecule has 3 rings (SSSR count). The van der Waals surface area contributed by atoms with Gasteiger partial charge in [0.1, 0.15) is 17.1 Å². The fraction of sp³-hybridized carbons (Fsp3) is 0.304. The van der Waals surface area contributed by atoms with Crippen LogP contribution in [0, 0.1) is 0 Å². The van der Waals surface area contributed by atoms with Crippen LogP contribution in [0.3, 0.4) is 0 Å². The van der Waals surface area contributed by atoms with Crippen LogP contribution in [0.4, 0.5) is 0 Å². The molecule has 0 radical (unpaired) electrons. The van der Waals surface area contributed by atoms with Gasteiger partial charge < -0.3 is 24.7 Å². The number of aliphatic imine (C=N–C) groups is 1. The quantitative estimate of drug-likeness (QED) is 0.272. The third-order valence-corrected chi connectivity index (χ3v) is 4.71. The van der Waals surface area contributed by atoms with E-state index in [0.29, 0.717) is 12.5 Å². The molecule has 0 spiro atoms. The van der Waals surface area contributed by atoms with Gasteiger partial charge in [-0.05, 0) is 36.8 Å². The Kier molecular flexibility index (Phi) is 9.17. The number of fused-ring (bicyclic) bond motifs is 1. The smallest absolute Gasteiger partial charge is 0.241 e. The van der Waals surface area contributed by atoms with Crippen LogP contribution < -0.4 is 15.4 Å². The van der Waals surface area contributed by atoms with E-state index in [1.165, 1.54) is 4.90 Å². The molecule has 3 aromatic rings. The summed E-state index contributed by atoms with van der Waals surface area (Å²) in [6.45, 7) is 2.60. The molecule has 1 unspecified atom stereocenters. The van der Waals surface area contributed by atoms with Crippen molar-refractivity contribution in [2.24, 2.45) is 4.99 Å². The summed E-state index contributed by atoms with van der Waals surface area (Å²) in [4.78, 5) is 18.2. The molecule has 2 N–H and O–H groups in total. The molecule has 0 aliphatic rings. The lowest BCUT2D eigenvalue weighted by Crippen LogP contribution is -2.43. The predicted octanol–water partition coefficient (Wildman–Crippen LogP) is 3.94. The lowest BCUT2D eigenvalue weighted by Gasteiger charge is -2.18. The molecule has 1 amide bonds. The number of carbonyl (C=O) groups is 1. The number of para-hydroxylation sites is 1. The first-order chi connectivity index (χ1) is 14.5. The molecule has 7 nitrogen and oxygen atoms in total. The molecule has 8 heteroatoms. The number of guanidine groups is 1. The van der Waals surface area contributed by atoms with Gasteiger partial charge in [0.25, 0.3) is 0 Å². The number of carbonyl (C=O) groups excluding carboxylic acids is 1. The number of nitrogens with one attached hydrogen (secondary N) is 2. The van der Waals surface area contributed by atoms with E-state index in [1.807, 2.05) is 61.5 Å². The number of furan rings is 1. The Bertz CT molecular complexity index is 982. The number of methoxy groups -OCH3 is 1. The van der Waals surface area contributed by atoms with Gasteiger partial charge in [-0.15, -0.1) is 24.0 Å². The number of amides is 1. The standard InChI is InChI=1S/C23H28N4O3.HI/c1-16(21-13-18-7-5-6-8-20(18)30-21)26-23(25-15-22(28)27(2)3)24-14-17-9-11-19(29-4)12-10-17;/h5-13,16H,14-15H2,1-4H3,(H2,24,25,26);1H. The normalized spacial score (nSPS) is 12.1. The van der Waals surface area contributed by atoms with Gasteiger partial charge in [-0.1, -0.05) is 30.3 Å². The number of likely N-dealkylation sites (N-methyl/N-ethyl adjacent to an activating group) is 1.